The Morgan fingerprint density at radius 3 is 2.33 bits per heavy atom. The van der Waals surface area contributed by atoms with Crippen LogP contribution in [0.4, 0.5) is 13.2 Å². The van der Waals surface area contributed by atoms with Crippen LogP contribution in [0.1, 0.15) is 49.7 Å². The highest BCUT2D eigenvalue weighted by Gasteiger charge is 2.42. The molecule has 1 saturated carbocycles. The molecule has 2 saturated heterocycles. The lowest BCUT2D eigenvalue weighted by atomic mass is 9.78. The number of hydrogen-bond acceptors (Lipinski definition) is 3. The van der Waals surface area contributed by atoms with Crippen molar-refractivity contribution < 1.29 is 18.0 Å². The monoisotopic (exact) mass is 423 g/mol. The van der Waals surface area contributed by atoms with E-state index in [0.717, 1.165) is 57.5 Å². The first kappa shape index (κ1) is 21.6. The largest absolute Gasteiger partial charge is 0.416 e. The number of carbonyl (C=O) groups excluding carboxylic acids is 1. The minimum absolute atomic E-state index is 0.205. The van der Waals surface area contributed by atoms with Crippen LogP contribution in [0.5, 0.6) is 0 Å². The number of benzene rings is 1. The Labute approximate surface area is 176 Å². The molecule has 1 amide bonds. The third-order valence-corrected chi connectivity index (χ3v) is 7.14. The summed E-state index contributed by atoms with van der Waals surface area (Å²) in [6.07, 6.45) is 2.60. The molecule has 3 aliphatic rings. The van der Waals surface area contributed by atoms with Gasteiger partial charge >= 0.3 is 6.18 Å². The number of halogens is 3. The molecule has 7 heteroatoms. The average Bonchev–Trinajstić information content (AvgIpc) is 3.04. The third kappa shape index (κ3) is 5.17. The number of rotatable bonds is 6. The minimum atomic E-state index is -4.28. The first-order chi connectivity index (χ1) is 14.4. The molecule has 2 aliphatic heterocycles. The van der Waals surface area contributed by atoms with Crippen LogP contribution >= 0.6 is 0 Å². The molecule has 0 bridgehead atoms. The van der Waals surface area contributed by atoms with E-state index in [0.29, 0.717) is 18.5 Å². The molecule has 4 nitrogen and oxygen atoms in total. The van der Waals surface area contributed by atoms with E-state index >= 15 is 0 Å². The number of hydrogen-bond donors (Lipinski definition) is 1. The Bertz CT molecular complexity index is 713. The van der Waals surface area contributed by atoms with Crippen LogP contribution in [-0.4, -0.2) is 54.5 Å². The highest BCUT2D eigenvalue weighted by Crippen LogP contribution is 2.37. The highest BCUT2D eigenvalue weighted by molar-refractivity contribution is 5.81. The Hall–Kier alpha value is -1.60. The molecule has 2 heterocycles. The van der Waals surface area contributed by atoms with Crippen LogP contribution in [0, 0.1) is 11.8 Å². The molecule has 1 aliphatic carbocycles. The first-order valence-electron chi connectivity index (χ1n) is 11.3. The predicted molar refractivity (Wildman–Crippen MR) is 110 cm³/mol. The van der Waals surface area contributed by atoms with E-state index in [1.165, 1.54) is 31.4 Å². The smallest absolute Gasteiger partial charge is 0.353 e. The maximum absolute atomic E-state index is 12.7. The van der Waals surface area contributed by atoms with Gasteiger partial charge in [-0.3, -0.25) is 9.69 Å². The number of nitrogens with one attached hydrogen (secondary N) is 1. The average molecular weight is 424 g/mol. The molecular formula is C23H32F3N3O. The lowest BCUT2D eigenvalue weighted by molar-refractivity contribution is -0.137. The lowest BCUT2D eigenvalue weighted by Crippen LogP contribution is -2.46. The maximum atomic E-state index is 12.7. The first-order valence-corrected chi connectivity index (χ1v) is 11.3. The molecule has 1 aromatic carbocycles. The summed E-state index contributed by atoms with van der Waals surface area (Å²) >= 11 is 0. The van der Waals surface area contributed by atoms with Crippen molar-refractivity contribution in [2.24, 2.45) is 11.8 Å². The Morgan fingerprint density at radius 2 is 1.63 bits per heavy atom. The van der Waals surface area contributed by atoms with Crippen molar-refractivity contribution in [1.29, 1.82) is 0 Å². The molecule has 30 heavy (non-hydrogen) atoms. The van der Waals surface area contributed by atoms with Gasteiger partial charge in [0, 0.05) is 44.7 Å². The normalized spacial score (nSPS) is 28.4. The van der Waals surface area contributed by atoms with Gasteiger partial charge in [-0.05, 0) is 55.8 Å². The number of carbonyl (C=O) groups is 1. The summed E-state index contributed by atoms with van der Waals surface area (Å²) in [5, 5.41) is 3.21. The van der Waals surface area contributed by atoms with Crippen LogP contribution in [0.25, 0.3) is 0 Å². The van der Waals surface area contributed by atoms with E-state index in [2.05, 4.69) is 15.1 Å². The summed E-state index contributed by atoms with van der Waals surface area (Å²) < 4.78 is 38.1. The van der Waals surface area contributed by atoms with Gasteiger partial charge in [-0.25, -0.2) is 0 Å². The zero-order chi connectivity index (χ0) is 21.1. The van der Waals surface area contributed by atoms with Gasteiger partial charge in [-0.15, -0.1) is 0 Å². The van der Waals surface area contributed by atoms with E-state index in [1.54, 1.807) is 12.1 Å². The number of fused-ring (bicyclic) bond motifs is 1. The third-order valence-electron chi connectivity index (χ3n) is 7.14. The van der Waals surface area contributed by atoms with E-state index < -0.39 is 11.7 Å². The molecule has 1 N–H and O–H groups in total. The lowest BCUT2D eigenvalue weighted by Gasteiger charge is -2.35. The Balaban J connectivity index is 1.17. The molecule has 0 spiro atoms. The van der Waals surface area contributed by atoms with Gasteiger partial charge in [-0.2, -0.15) is 13.2 Å². The number of alkyl halides is 3. The van der Waals surface area contributed by atoms with Crippen molar-refractivity contribution in [1.82, 2.24) is 15.1 Å². The molecule has 0 aromatic heterocycles. The van der Waals surface area contributed by atoms with Crippen molar-refractivity contribution in [2.45, 2.75) is 57.3 Å². The van der Waals surface area contributed by atoms with Gasteiger partial charge < -0.3 is 10.2 Å². The summed E-state index contributed by atoms with van der Waals surface area (Å²) in [6.45, 7) is 5.52. The van der Waals surface area contributed by atoms with Crippen LogP contribution in [-0.2, 0) is 17.5 Å². The van der Waals surface area contributed by atoms with E-state index in [4.69, 9.17) is 0 Å². The van der Waals surface area contributed by atoms with E-state index in [-0.39, 0.29) is 11.8 Å². The van der Waals surface area contributed by atoms with Crippen LogP contribution < -0.4 is 5.32 Å². The molecule has 3 atom stereocenters. The van der Waals surface area contributed by atoms with Crippen molar-refractivity contribution in [2.75, 3.05) is 32.7 Å². The van der Waals surface area contributed by atoms with Crippen molar-refractivity contribution in [3.8, 4) is 0 Å². The van der Waals surface area contributed by atoms with Crippen molar-refractivity contribution in [3.63, 3.8) is 0 Å². The van der Waals surface area contributed by atoms with Gasteiger partial charge in [0.1, 0.15) is 0 Å². The van der Waals surface area contributed by atoms with Crippen LogP contribution in [0.2, 0.25) is 0 Å². The second kappa shape index (κ2) is 9.27. The maximum Gasteiger partial charge on any atom is 0.416 e. The van der Waals surface area contributed by atoms with Crippen molar-refractivity contribution in [3.05, 3.63) is 35.4 Å². The van der Waals surface area contributed by atoms with Gasteiger partial charge in [0.05, 0.1) is 5.56 Å². The van der Waals surface area contributed by atoms with Gasteiger partial charge in [-0.1, -0.05) is 25.0 Å². The second-order valence-corrected chi connectivity index (χ2v) is 9.12. The van der Waals surface area contributed by atoms with Gasteiger partial charge in [0.15, 0.2) is 0 Å². The van der Waals surface area contributed by atoms with Gasteiger partial charge in [0.2, 0.25) is 5.91 Å². The molecule has 3 fully saturated rings. The van der Waals surface area contributed by atoms with Crippen LogP contribution in [0.15, 0.2) is 24.3 Å². The minimum Gasteiger partial charge on any atom is -0.353 e. The van der Waals surface area contributed by atoms with Crippen LogP contribution in [0.3, 0.4) is 0 Å². The summed E-state index contributed by atoms with van der Waals surface area (Å²) in [7, 11) is 0. The predicted octanol–water partition coefficient (Wildman–Crippen LogP) is 3.91. The van der Waals surface area contributed by atoms with E-state index in [1.807, 2.05) is 0 Å². The fourth-order valence-corrected chi connectivity index (χ4v) is 5.41. The zero-order valence-electron chi connectivity index (χ0n) is 17.5. The molecule has 0 radical (unpaired) electrons. The van der Waals surface area contributed by atoms with Gasteiger partial charge in [0.25, 0.3) is 0 Å². The summed E-state index contributed by atoms with van der Waals surface area (Å²) in [6, 6.07) is 5.93. The Morgan fingerprint density at radius 1 is 0.967 bits per heavy atom. The number of nitrogens with zero attached hydrogens (tertiary/aromatic N) is 2. The SMILES string of the molecule is O=C1NC2CCCCC2C1CCCN1CCN(Cc2ccc(C(F)(F)F)cc2)CC1. The topological polar surface area (TPSA) is 35.6 Å². The summed E-state index contributed by atoms with van der Waals surface area (Å²) in [5.74, 6) is 1.02. The van der Waals surface area contributed by atoms with Crippen molar-refractivity contribution >= 4 is 5.91 Å². The fourth-order valence-electron chi connectivity index (χ4n) is 5.41. The molecule has 4 rings (SSSR count). The summed E-state index contributed by atoms with van der Waals surface area (Å²) in [5.41, 5.74) is 0.331. The summed E-state index contributed by atoms with van der Waals surface area (Å²) in [4.78, 5) is 17.1. The highest BCUT2D eigenvalue weighted by atomic mass is 19.4. The standard InChI is InChI=1S/C23H32F3N3O/c24-23(25,26)18-9-7-17(8-10-18)16-29-14-12-28(13-15-29)11-3-5-20-19-4-1-2-6-21(19)27-22(20)30/h7-10,19-21H,1-6,11-16H2,(H,27,30). The molecule has 3 unspecified atom stereocenters. The molecule has 1 aromatic rings. The second-order valence-electron chi connectivity index (χ2n) is 9.12. The number of piperazine rings is 1. The molecular weight excluding hydrogens is 391 g/mol. The zero-order valence-corrected chi connectivity index (χ0v) is 17.5. The molecule has 166 valence electrons. The fraction of sp³-hybridized carbons (Fsp3) is 0.696. The Kier molecular flexibility index (Phi) is 6.68. The quantitative estimate of drug-likeness (QED) is 0.754. The van der Waals surface area contributed by atoms with E-state index in [9.17, 15) is 18.0 Å². The number of amides is 1.